The van der Waals surface area contributed by atoms with Crippen LogP contribution in [0.15, 0.2) is 28.7 Å². The van der Waals surface area contributed by atoms with E-state index in [1.165, 1.54) is 0 Å². The maximum absolute atomic E-state index is 10.4. The second kappa shape index (κ2) is 3.69. The topological polar surface area (TPSA) is 33.4 Å². The van der Waals surface area contributed by atoms with Crippen LogP contribution in [-0.2, 0) is 5.60 Å². The van der Waals surface area contributed by atoms with Crippen LogP contribution in [-0.4, -0.2) is 16.6 Å². The van der Waals surface area contributed by atoms with Crippen LogP contribution in [0.25, 0.3) is 11.0 Å². The quantitative estimate of drug-likeness (QED) is 0.847. The Kier molecular flexibility index (Phi) is 2.42. The Morgan fingerprint density at radius 1 is 1.44 bits per heavy atom. The largest absolute Gasteiger partial charge is 0.456 e. The van der Waals surface area contributed by atoms with E-state index in [4.69, 9.17) is 16.0 Å². The van der Waals surface area contributed by atoms with Crippen molar-refractivity contribution in [2.24, 2.45) is 0 Å². The van der Waals surface area contributed by atoms with Gasteiger partial charge < -0.3 is 9.52 Å². The van der Waals surface area contributed by atoms with Gasteiger partial charge in [-0.05, 0) is 24.3 Å². The molecule has 1 aromatic carbocycles. The number of hydrogen-bond acceptors (Lipinski definition) is 3. The van der Waals surface area contributed by atoms with Gasteiger partial charge in [0, 0.05) is 11.1 Å². The third-order valence-electron chi connectivity index (χ3n) is 2.96. The van der Waals surface area contributed by atoms with Crippen LogP contribution < -0.4 is 0 Å². The van der Waals surface area contributed by atoms with Gasteiger partial charge in [0.05, 0.1) is 5.02 Å². The zero-order valence-electron chi connectivity index (χ0n) is 8.57. The average molecular weight is 255 g/mol. The number of aliphatic hydroxyl groups is 1. The van der Waals surface area contributed by atoms with Crippen LogP contribution in [0.5, 0.6) is 0 Å². The van der Waals surface area contributed by atoms with E-state index >= 15 is 0 Å². The zero-order chi connectivity index (χ0) is 11.2. The first-order chi connectivity index (χ1) is 7.69. The van der Waals surface area contributed by atoms with Crippen LogP contribution >= 0.6 is 23.4 Å². The molecule has 1 saturated heterocycles. The highest BCUT2D eigenvalue weighted by Gasteiger charge is 2.37. The molecule has 0 saturated carbocycles. The molecule has 1 aliphatic heterocycles. The van der Waals surface area contributed by atoms with Gasteiger partial charge in [0.1, 0.15) is 11.4 Å². The minimum absolute atomic E-state index is 0.595. The summed E-state index contributed by atoms with van der Waals surface area (Å²) in [6.07, 6.45) is 0.745. The minimum Gasteiger partial charge on any atom is -0.456 e. The molecule has 2 aromatic rings. The zero-order valence-corrected chi connectivity index (χ0v) is 10.1. The summed E-state index contributed by atoms with van der Waals surface area (Å²) in [5, 5.41) is 11.9. The maximum atomic E-state index is 10.4. The maximum Gasteiger partial charge on any atom is 0.153 e. The fourth-order valence-corrected chi connectivity index (χ4v) is 3.48. The molecule has 1 aliphatic rings. The molecule has 1 unspecified atom stereocenters. The van der Waals surface area contributed by atoms with Gasteiger partial charge in [-0.1, -0.05) is 23.7 Å². The van der Waals surface area contributed by atoms with E-state index in [-0.39, 0.29) is 0 Å². The Morgan fingerprint density at radius 2 is 2.31 bits per heavy atom. The van der Waals surface area contributed by atoms with Gasteiger partial charge in [-0.25, -0.2) is 0 Å². The van der Waals surface area contributed by atoms with Gasteiger partial charge in [0.2, 0.25) is 0 Å². The standard InChI is InChI=1S/C12H11ClO2S/c13-9-3-1-2-8-6-10(15-11(8)9)12(14)4-5-16-7-12/h1-3,6,14H,4-5,7H2. The molecule has 1 fully saturated rings. The number of rotatable bonds is 1. The van der Waals surface area contributed by atoms with Crippen molar-refractivity contribution in [3.63, 3.8) is 0 Å². The second-order valence-corrected chi connectivity index (χ2v) is 5.62. The summed E-state index contributed by atoms with van der Waals surface area (Å²) < 4.78 is 5.69. The molecule has 84 valence electrons. The van der Waals surface area contributed by atoms with Gasteiger partial charge in [-0.15, -0.1) is 0 Å². The highest BCUT2D eigenvalue weighted by molar-refractivity contribution is 7.99. The molecule has 0 amide bonds. The number of halogens is 1. The number of thioether (sulfide) groups is 1. The van der Waals surface area contributed by atoms with E-state index in [2.05, 4.69) is 0 Å². The summed E-state index contributed by atoms with van der Waals surface area (Å²) >= 11 is 7.79. The number of para-hydroxylation sites is 1. The molecule has 4 heteroatoms. The van der Waals surface area contributed by atoms with Crippen LogP contribution in [0.3, 0.4) is 0 Å². The lowest BCUT2D eigenvalue weighted by Crippen LogP contribution is -2.23. The van der Waals surface area contributed by atoms with Crippen molar-refractivity contribution in [1.82, 2.24) is 0 Å². The van der Waals surface area contributed by atoms with Gasteiger partial charge in [0.15, 0.2) is 5.58 Å². The summed E-state index contributed by atoms with van der Waals surface area (Å²) in [6, 6.07) is 7.52. The van der Waals surface area contributed by atoms with Crippen LogP contribution in [0.1, 0.15) is 12.2 Å². The molecule has 1 aromatic heterocycles. The van der Waals surface area contributed by atoms with Crippen molar-refractivity contribution < 1.29 is 9.52 Å². The molecule has 1 N–H and O–H groups in total. The minimum atomic E-state index is -0.812. The van der Waals surface area contributed by atoms with Crippen LogP contribution in [0, 0.1) is 0 Å². The first-order valence-electron chi connectivity index (χ1n) is 5.18. The van der Waals surface area contributed by atoms with E-state index in [1.54, 1.807) is 17.8 Å². The smallest absolute Gasteiger partial charge is 0.153 e. The lowest BCUT2D eigenvalue weighted by molar-refractivity contribution is 0.0439. The van der Waals surface area contributed by atoms with E-state index in [0.29, 0.717) is 22.1 Å². The third kappa shape index (κ3) is 1.54. The number of hydrogen-bond donors (Lipinski definition) is 1. The predicted molar refractivity (Wildman–Crippen MR) is 67.1 cm³/mol. The van der Waals surface area contributed by atoms with Crippen LogP contribution in [0.4, 0.5) is 0 Å². The highest BCUT2D eigenvalue weighted by Crippen LogP contribution is 2.40. The molecule has 0 spiro atoms. The highest BCUT2D eigenvalue weighted by atomic mass is 35.5. The first-order valence-corrected chi connectivity index (χ1v) is 6.71. The van der Waals surface area contributed by atoms with E-state index in [1.807, 2.05) is 18.2 Å². The van der Waals surface area contributed by atoms with Crippen molar-refractivity contribution in [1.29, 1.82) is 0 Å². The normalized spacial score (nSPS) is 25.4. The number of fused-ring (bicyclic) bond motifs is 1. The Morgan fingerprint density at radius 3 is 3.00 bits per heavy atom. The Balaban J connectivity index is 2.15. The molecule has 2 nitrogen and oxygen atoms in total. The lowest BCUT2D eigenvalue weighted by atomic mass is 10.0. The summed E-state index contributed by atoms with van der Waals surface area (Å²) in [5.74, 6) is 2.31. The van der Waals surface area contributed by atoms with Gasteiger partial charge in [-0.2, -0.15) is 11.8 Å². The lowest BCUT2D eigenvalue weighted by Gasteiger charge is -2.17. The summed E-state index contributed by atoms with van der Waals surface area (Å²) in [6.45, 7) is 0. The SMILES string of the molecule is OC1(c2cc3cccc(Cl)c3o2)CCSC1. The van der Waals surface area contributed by atoms with Crippen molar-refractivity contribution in [2.45, 2.75) is 12.0 Å². The Labute approximate surface area is 103 Å². The predicted octanol–water partition coefficient (Wildman–Crippen LogP) is 3.41. The average Bonchev–Trinajstić information content (AvgIpc) is 2.85. The fourth-order valence-electron chi connectivity index (χ4n) is 2.01. The van der Waals surface area contributed by atoms with E-state index < -0.39 is 5.60 Å². The van der Waals surface area contributed by atoms with Crippen molar-refractivity contribution in [2.75, 3.05) is 11.5 Å². The Hall–Kier alpha value is -0.640. The molecular weight excluding hydrogens is 244 g/mol. The molecule has 16 heavy (non-hydrogen) atoms. The third-order valence-corrected chi connectivity index (χ3v) is 4.43. The summed E-state index contributed by atoms with van der Waals surface area (Å²) in [4.78, 5) is 0. The van der Waals surface area contributed by atoms with E-state index in [9.17, 15) is 5.11 Å². The van der Waals surface area contributed by atoms with Crippen LogP contribution in [0.2, 0.25) is 5.02 Å². The monoisotopic (exact) mass is 254 g/mol. The first kappa shape index (κ1) is 10.5. The summed E-state index contributed by atoms with van der Waals surface area (Å²) in [5.41, 5.74) is -0.142. The number of furan rings is 1. The van der Waals surface area contributed by atoms with Crippen molar-refractivity contribution in [3.05, 3.63) is 35.0 Å². The molecule has 0 aliphatic carbocycles. The van der Waals surface area contributed by atoms with Gasteiger partial charge in [-0.3, -0.25) is 0 Å². The van der Waals surface area contributed by atoms with Gasteiger partial charge in [0.25, 0.3) is 0 Å². The Bertz CT molecular complexity index is 529. The molecule has 0 bridgehead atoms. The van der Waals surface area contributed by atoms with Gasteiger partial charge >= 0.3 is 0 Å². The molecule has 2 heterocycles. The number of benzene rings is 1. The fraction of sp³-hybridized carbons (Fsp3) is 0.333. The van der Waals surface area contributed by atoms with Crippen molar-refractivity contribution >= 4 is 34.3 Å². The molecule has 0 radical (unpaired) electrons. The molecular formula is C12H11ClO2S. The van der Waals surface area contributed by atoms with E-state index in [0.717, 1.165) is 17.6 Å². The molecule has 3 rings (SSSR count). The summed E-state index contributed by atoms with van der Waals surface area (Å²) in [7, 11) is 0. The molecule has 1 atom stereocenters. The van der Waals surface area contributed by atoms with Crippen molar-refractivity contribution in [3.8, 4) is 0 Å². The second-order valence-electron chi connectivity index (χ2n) is 4.10.